The number of hydrogen-bond acceptors (Lipinski definition) is 2. The van der Waals surface area contributed by atoms with Gasteiger partial charge >= 0.3 is 12.4 Å². The lowest BCUT2D eigenvalue weighted by Gasteiger charge is -2.22. The Kier molecular flexibility index (Phi) is 4.49. The molecule has 1 rings (SSSR count). The van der Waals surface area contributed by atoms with Gasteiger partial charge in [0, 0.05) is 12.1 Å². The monoisotopic (exact) mass is 322 g/mol. The Hall–Kier alpha value is -1.87. The van der Waals surface area contributed by atoms with Crippen LogP contribution in [0.15, 0.2) is 12.1 Å². The maximum atomic E-state index is 13.4. The molecule has 0 aliphatic heterocycles. The number of benzene rings is 1. The molecule has 0 aliphatic carbocycles. The zero-order chi connectivity index (χ0) is 16.6. The fourth-order valence-electron chi connectivity index (χ4n) is 1.53. The van der Waals surface area contributed by atoms with E-state index in [-0.39, 0.29) is 0 Å². The van der Waals surface area contributed by atoms with Gasteiger partial charge in [0.25, 0.3) is 0 Å². The molecule has 0 unspecified atom stereocenters. The number of hydrogen-bond donors (Lipinski definition) is 0. The molecule has 0 aliphatic rings. The maximum Gasteiger partial charge on any atom is 0.407 e. The summed E-state index contributed by atoms with van der Waals surface area (Å²) in [4.78, 5) is 11.3. The molecule has 0 N–H and O–H groups in total. The molecule has 0 atom stereocenters. The summed E-state index contributed by atoms with van der Waals surface area (Å²) >= 11 is 0. The summed E-state index contributed by atoms with van der Waals surface area (Å²) in [6.07, 6.45) is -12.1. The predicted octanol–water partition coefficient (Wildman–Crippen LogP) is 3.90. The zero-order valence-electron chi connectivity index (χ0n) is 10.1. The number of halogens is 8. The molecule has 0 bridgehead atoms. The number of Topliss-reactive ketones (excluding diaryl/α,β-unsaturated/α-hetero) is 1. The zero-order valence-corrected chi connectivity index (χ0v) is 10.1. The maximum absolute atomic E-state index is 13.4. The lowest BCUT2D eigenvalue weighted by atomic mass is 9.95. The highest BCUT2D eigenvalue weighted by atomic mass is 19.4. The topological polar surface area (TPSA) is 26.3 Å². The molecule has 1 aromatic carbocycles. The third-order valence-corrected chi connectivity index (χ3v) is 2.41. The van der Waals surface area contributed by atoms with Gasteiger partial charge in [0.2, 0.25) is 5.92 Å². The van der Waals surface area contributed by atoms with Crippen molar-refractivity contribution in [1.29, 1.82) is 0 Å². The Morgan fingerprint density at radius 2 is 1.38 bits per heavy atom. The first-order chi connectivity index (χ1) is 9.39. The van der Waals surface area contributed by atoms with Crippen LogP contribution in [-0.2, 0) is 0 Å². The minimum atomic E-state index is -6.03. The first kappa shape index (κ1) is 17.2. The largest absolute Gasteiger partial charge is 0.497 e. The smallest absolute Gasteiger partial charge is 0.407 e. The van der Waals surface area contributed by atoms with Crippen molar-refractivity contribution in [1.82, 2.24) is 0 Å². The molecule has 2 nitrogen and oxygen atoms in total. The van der Waals surface area contributed by atoms with E-state index in [2.05, 4.69) is 4.74 Å². The van der Waals surface area contributed by atoms with E-state index in [0.29, 0.717) is 12.1 Å². The normalized spacial score (nSPS) is 12.7. The van der Waals surface area contributed by atoms with Crippen molar-refractivity contribution in [2.45, 2.75) is 12.4 Å². The number of ketones is 1. The third kappa shape index (κ3) is 3.61. The van der Waals surface area contributed by atoms with Gasteiger partial charge in [-0.2, -0.15) is 26.3 Å². The molecule has 10 heteroatoms. The molecule has 0 aromatic heterocycles. The molecule has 118 valence electrons. The van der Waals surface area contributed by atoms with Crippen LogP contribution in [-0.4, -0.2) is 25.2 Å². The quantitative estimate of drug-likeness (QED) is 0.623. The second-order valence-corrected chi connectivity index (χ2v) is 3.85. The molecular formula is C11H6F8O2. The summed E-state index contributed by atoms with van der Waals surface area (Å²) in [5.41, 5.74) is -1.92. The second-order valence-electron chi connectivity index (χ2n) is 3.85. The average Bonchev–Trinajstić information content (AvgIpc) is 2.23. The van der Waals surface area contributed by atoms with Crippen LogP contribution in [0, 0.1) is 17.6 Å². The molecule has 0 fully saturated rings. The Bertz CT molecular complexity index is 509. The Morgan fingerprint density at radius 1 is 1.00 bits per heavy atom. The standard InChI is InChI=1S/C11H6F8O2/c1-21-4-2-5(12)7(6(13)3-4)8(20)9(10(14,15)16)11(17,18)19/h2-3,9H,1H3. The molecule has 1 aromatic rings. The molecule has 0 heterocycles. The van der Waals surface area contributed by atoms with Gasteiger partial charge < -0.3 is 4.74 Å². The molecule has 0 radical (unpaired) electrons. The molecule has 0 saturated heterocycles. The van der Waals surface area contributed by atoms with E-state index in [9.17, 15) is 39.9 Å². The highest BCUT2D eigenvalue weighted by molar-refractivity contribution is 5.99. The van der Waals surface area contributed by atoms with Gasteiger partial charge in [-0.05, 0) is 0 Å². The van der Waals surface area contributed by atoms with Crippen LogP contribution < -0.4 is 4.74 Å². The third-order valence-electron chi connectivity index (χ3n) is 2.41. The van der Waals surface area contributed by atoms with Gasteiger partial charge in [0.05, 0.1) is 12.7 Å². The minimum absolute atomic E-state index is 0.306. The number of ether oxygens (including phenoxy) is 1. The number of methoxy groups -OCH3 is 1. The number of rotatable bonds is 3. The fraction of sp³-hybridized carbons (Fsp3) is 0.364. The van der Waals surface area contributed by atoms with E-state index in [1.807, 2.05) is 0 Å². The van der Waals surface area contributed by atoms with Crippen LogP contribution in [0.3, 0.4) is 0 Å². The fourth-order valence-corrected chi connectivity index (χ4v) is 1.53. The van der Waals surface area contributed by atoms with Gasteiger partial charge in [0.1, 0.15) is 17.4 Å². The summed E-state index contributed by atoms with van der Waals surface area (Å²) in [5, 5.41) is 0. The van der Waals surface area contributed by atoms with Crippen molar-refractivity contribution in [2.24, 2.45) is 5.92 Å². The molecular weight excluding hydrogens is 316 g/mol. The summed E-state index contributed by atoms with van der Waals surface area (Å²) < 4.78 is 105. The van der Waals surface area contributed by atoms with E-state index in [4.69, 9.17) is 0 Å². The lowest BCUT2D eigenvalue weighted by molar-refractivity contribution is -0.265. The first-order valence-electron chi connectivity index (χ1n) is 5.10. The van der Waals surface area contributed by atoms with Crippen LogP contribution in [0.5, 0.6) is 5.75 Å². The van der Waals surface area contributed by atoms with Gasteiger partial charge in [-0.15, -0.1) is 0 Å². The summed E-state index contributed by atoms with van der Waals surface area (Å²) in [7, 11) is 0.962. The summed E-state index contributed by atoms with van der Waals surface area (Å²) in [6.45, 7) is 0. The predicted molar refractivity (Wildman–Crippen MR) is 52.8 cm³/mol. The second kappa shape index (κ2) is 5.49. The van der Waals surface area contributed by atoms with Crippen molar-refractivity contribution < 1.29 is 44.7 Å². The Balaban J connectivity index is 3.42. The van der Waals surface area contributed by atoms with Crippen molar-refractivity contribution >= 4 is 5.78 Å². The minimum Gasteiger partial charge on any atom is -0.497 e. The highest BCUT2D eigenvalue weighted by Crippen LogP contribution is 2.42. The molecule has 0 amide bonds. The van der Waals surface area contributed by atoms with Gasteiger partial charge in [-0.3, -0.25) is 4.79 Å². The van der Waals surface area contributed by atoms with Gasteiger partial charge in [0.15, 0.2) is 5.78 Å². The van der Waals surface area contributed by atoms with E-state index >= 15 is 0 Å². The van der Waals surface area contributed by atoms with E-state index < -0.39 is 47.0 Å². The molecule has 0 spiro atoms. The summed E-state index contributed by atoms with van der Waals surface area (Å²) in [6, 6.07) is 0.611. The van der Waals surface area contributed by atoms with Crippen molar-refractivity contribution in [3.8, 4) is 5.75 Å². The number of carbonyl (C=O) groups is 1. The van der Waals surface area contributed by atoms with Crippen LogP contribution in [0.4, 0.5) is 35.1 Å². The average molecular weight is 322 g/mol. The van der Waals surface area contributed by atoms with Crippen molar-refractivity contribution in [2.75, 3.05) is 7.11 Å². The lowest BCUT2D eigenvalue weighted by Crippen LogP contribution is -2.43. The van der Waals surface area contributed by atoms with Gasteiger partial charge in [-0.1, -0.05) is 0 Å². The van der Waals surface area contributed by atoms with E-state index in [0.717, 1.165) is 7.11 Å². The van der Waals surface area contributed by atoms with Crippen LogP contribution in [0.1, 0.15) is 10.4 Å². The summed E-state index contributed by atoms with van der Waals surface area (Å²) in [5.74, 6) is -11.5. The number of carbonyl (C=O) groups excluding carboxylic acids is 1. The number of alkyl halides is 6. The molecule has 0 saturated carbocycles. The van der Waals surface area contributed by atoms with Crippen molar-refractivity contribution in [3.05, 3.63) is 29.3 Å². The van der Waals surface area contributed by atoms with Crippen molar-refractivity contribution in [3.63, 3.8) is 0 Å². The molecule has 21 heavy (non-hydrogen) atoms. The van der Waals surface area contributed by atoms with Crippen LogP contribution >= 0.6 is 0 Å². The SMILES string of the molecule is COc1cc(F)c(C(=O)C(C(F)(F)F)C(F)(F)F)c(F)c1. The Morgan fingerprint density at radius 3 is 1.67 bits per heavy atom. The van der Waals surface area contributed by atoms with Gasteiger partial charge in [-0.25, -0.2) is 8.78 Å². The van der Waals surface area contributed by atoms with E-state index in [1.54, 1.807) is 0 Å². The Labute approximate surface area is 112 Å². The first-order valence-corrected chi connectivity index (χ1v) is 5.10. The van der Waals surface area contributed by atoms with E-state index in [1.165, 1.54) is 0 Å². The van der Waals surface area contributed by atoms with Crippen LogP contribution in [0.2, 0.25) is 0 Å². The van der Waals surface area contributed by atoms with Crippen LogP contribution in [0.25, 0.3) is 0 Å². The highest BCUT2D eigenvalue weighted by Gasteiger charge is 2.61.